The molecule has 0 saturated carbocycles. The molecule has 0 bridgehead atoms. The first-order chi connectivity index (χ1) is 15.6. The number of amides is 1. The first-order valence-corrected chi connectivity index (χ1v) is 11.8. The van der Waals surface area contributed by atoms with Crippen molar-refractivity contribution in [2.45, 2.75) is 18.7 Å². The zero-order valence-electron chi connectivity index (χ0n) is 18.3. The molecule has 8 heteroatoms. The highest BCUT2D eigenvalue weighted by atomic mass is 35.5. The Labute approximate surface area is 197 Å². The highest BCUT2D eigenvalue weighted by Gasteiger charge is 2.21. The van der Waals surface area contributed by atoms with Gasteiger partial charge in [-0.3, -0.25) is 9.59 Å². The van der Waals surface area contributed by atoms with Crippen molar-refractivity contribution >= 4 is 45.4 Å². The topological polar surface area (TPSA) is 89.5 Å². The SMILES string of the molecule is COc1ccc(C(=O)Nc2ccc(C)c(C)c2)cc1/C=C(\C=O)S(=O)(=O)c1ccc(Cl)cc1. The van der Waals surface area contributed by atoms with Crippen molar-refractivity contribution in [3.63, 3.8) is 0 Å². The first kappa shape index (κ1) is 24.2. The molecule has 0 aliphatic carbocycles. The van der Waals surface area contributed by atoms with E-state index in [0.29, 0.717) is 16.5 Å². The number of benzene rings is 3. The number of carbonyl (C=O) groups excluding carboxylic acids is 2. The fraction of sp³-hybridized carbons (Fsp3) is 0.120. The van der Waals surface area contributed by atoms with Gasteiger partial charge in [0.15, 0.2) is 6.29 Å². The normalized spacial score (nSPS) is 11.7. The summed E-state index contributed by atoms with van der Waals surface area (Å²) in [6.07, 6.45) is 1.44. The van der Waals surface area contributed by atoms with Gasteiger partial charge in [0.2, 0.25) is 9.84 Å². The van der Waals surface area contributed by atoms with E-state index in [1.54, 1.807) is 18.2 Å². The summed E-state index contributed by atoms with van der Waals surface area (Å²) in [7, 11) is -2.69. The summed E-state index contributed by atoms with van der Waals surface area (Å²) in [5.74, 6) is -0.0767. The van der Waals surface area contributed by atoms with E-state index < -0.39 is 14.7 Å². The van der Waals surface area contributed by atoms with Gasteiger partial charge in [-0.15, -0.1) is 0 Å². The highest BCUT2D eigenvalue weighted by molar-refractivity contribution is 7.96. The van der Waals surface area contributed by atoms with Crippen molar-refractivity contribution in [1.82, 2.24) is 0 Å². The minimum Gasteiger partial charge on any atom is -0.496 e. The van der Waals surface area contributed by atoms with E-state index in [9.17, 15) is 18.0 Å². The minimum absolute atomic E-state index is 0.0761. The van der Waals surface area contributed by atoms with Crippen LogP contribution in [0, 0.1) is 13.8 Å². The van der Waals surface area contributed by atoms with E-state index >= 15 is 0 Å². The molecule has 1 N–H and O–H groups in total. The maximum atomic E-state index is 12.9. The molecule has 6 nitrogen and oxygen atoms in total. The van der Waals surface area contributed by atoms with Crippen molar-refractivity contribution in [1.29, 1.82) is 0 Å². The predicted octanol–water partition coefficient (Wildman–Crippen LogP) is 5.23. The van der Waals surface area contributed by atoms with Crippen LogP contribution in [-0.2, 0) is 14.6 Å². The van der Waals surface area contributed by atoms with Crippen LogP contribution in [0.1, 0.15) is 27.0 Å². The molecule has 0 aliphatic heterocycles. The van der Waals surface area contributed by atoms with Crippen LogP contribution >= 0.6 is 11.6 Å². The number of rotatable bonds is 7. The van der Waals surface area contributed by atoms with Gasteiger partial charge in [-0.05, 0) is 85.6 Å². The van der Waals surface area contributed by atoms with E-state index in [0.717, 1.165) is 11.1 Å². The molecule has 0 spiro atoms. The number of aldehydes is 1. The second kappa shape index (κ2) is 10.0. The van der Waals surface area contributed by atoms with Crippen LogP contribution < -0.4 is 10.1 Å². The van der Waals surface area contributed by atoms with Gasteiger partial charge in [0.05, 0.1) is 12.0 Å². The summed E-state index contributed by atoms with van der Waals surface area (Å²) < 4.78 is 31.2. The van der Waals surface area contributed by atoms with Gasteiger partial charge in [-0.25, -0.2) is 8.42 Å². The maximum absolute atomic E-state index is 12.9. The van der Waals surface area contributed by atoms with Crippen LogP contribution in [0.25, 0.3) is 6.08 Å². The number of hydrogen-bond acceptors (Lipinski definition) is 5. The number of halogens is 1. The molecule has 0 radical (unpaired) electrons. The number of carbonyl (C=O) groups is 2. The quantitative estimate of drug-likeness (QED) is 0.367. The lowest BCUT2D eigenvalue weighted by Gasteiger charge is -2.11. The molecular weight excluding hydrogens is 462 g/mol. The lowest BCUT2D eigenvalue weighted by Crippen LogP contribution is -2.12. The first-order valence-electron chi connectivity index (χ1n) is 9.90. The van der Waals surface area contributed by atoms with Gasteiger partial charge in [0.25, 0.3) is 5.91 Å². The second-order valence-electron chi connectivity index (χ2n) is 7.33. The van der Waals surface area contributed by atoms with Gasteiger partial charge >= 0.3 is 0 Å². The van der Waals surface area contributed by atoms with E-state index in [2.05, 4.69) is 5.32 Å². The van der Waals surface area contributed by atoms with Crippen LogP contribution in [0.3, 0.4) is 0 Å². The molecule has 3 rings (SSSR count). The number of ether oxygens (including phenoxy) is 1. The number of aryl methyl sites for hydroxylation is 2. The molecule has 3 aromatic carbocycles. The lowest BCUT2D eigenvalue weighted by molar-refractivity contribution is -0.104. The molecule has 3 aromatic rings. The molecule has 170 valence electrons. The van der Waals surface area contributed by atoms with Crippen molar-refractivity contribution in [2.24, 2.45) is 0 Å². The molecular formula is C25H22ClNO5S. The van der Waals surface area contributed by atoms with E-state index in [4.69, 9.17) is 16.3 Å². The fourth-order valence-corrected chi connectivity index (χ4v) is 4.39. The van der Waals surface area contributed by atoms with Crippen molar-refractivity contribution in [2.75, 3.05) is 12.4 Å². The Morgan fingerprint density at radius 2 is 1.67 bits per heavy atom. The molecule has 0 unspecified atom stereocenters. The second-order valence-corrected chi connectivity index (χ2v) is 9.72. The van der Waals surface area contributed by atoms with E-state index in [1.807, 2.05) is 26.0 Å². The zero-order chi connectivity index (χ0) is 24.2. The summed E-state index contributed by atoms with van der Waals surface area (Å²) in [4.78, 5) is 24.0. The number of methoxy groups -OCH3 is 1. The lowest BCUT2D eigenvalue weighted by atomic mass is 10.1. The third-order valence-corrected chi connectivity index (χ3v) is 7.08. The van der Waals surface area contributed by atoms with Crippen LogP contribution in [0.15, 0.2) is 70.5 Å². The molecule has 0 aromatic heterocycles. The zero-order valence-corrected chi connectivity index (χ0v) is 19.8. The Morgan fingerprint density at radius 1 is 0.970 bits per heavy atom. The monoisotopic (exact) mass is 483 g/mol. The minimum atomic E-state index is -4.10. The number of hydrogen-bond donors (Lipinski definition) is 1. The van der Waals surface area contributed by atoms with E-state index in [-0.39, 0.29) is 28.2 Å². The van der Waals surface area contributed by atoms with Crippen LogP contribution in [0.5, 0.6) is 5.75 Å². The average Bonchev–Trinajstić information content (AvgIpc) is 2.79. The largest absolute Gasteiger partial charge is 0.496 e. The van der Waals surface area contributed by atoms with Gasteiger partial charge < -0.3 is 10.1 Å². The molecule has 0 aliphatic rings. The number of sulfone groups is 1. The third-order valence-electron chi connectivity index (χ3n) is 5.10. The Morgan fingerprint density at radius 3 is 2.27 bits per heavy atom. The van der Waals surface area contributed by atoms with Crippen LogP contribution in [0.4, 0.5) is 5.69 Å². The smallest absolute Gasteiger partial charge is 0.255 e. The standard InChI is InChI=1S/C25H22ClNO5S/c1-16-4-8-21(12-17(16)2)27-25(29)18-5-11-24(32-3)19(13-18)14-23(15-28)33(30,31)22-9-6-20(26)7-10-22/h4-15H,1-3H3,(H,27,29)/b23-14+. The Balaban J connectivity index is 1.99. The van der Waals surface area contributed by atoms with Crippen molar-refractivity contribution < 1.29 is 22.7 Å². The van der Waals surface area contributed by atoms with Gasteiger partial charge in [-0.2, -0.15) is 0 Å². The Kier molecular flexibility index (Phi) is 7.36. The number of anilines is 1. The van der Waals surface area contributed by atoms with Gasteiger partial charge in [0.1, 0.15) is 10.7 Å². The van der Waals surface area contributed by atoms with Gasteiger partial charge in [-0.1, -0.05) is 17.7 Å². The van der Waals surface area contributed by atoms with Crippen LogP contribution in [0.2, 0.25) is 5.02 Å². The van der Waals surface area contributed by atoms with Gasteiger partial charge in [0, 0.05) is 21.8 Å². The molecule has 0 heterocycles. The Bertz CT molecular complexity index is 1350. The summed E-state index contributed by atoms with van der Waals surface area (Å²) in [6, 6.07) is 15.6. The summed E-state index contributed by atoms with van der Waals surface area (Å²) in [5.41, 5.74) is 3.32. The van der Waals surface area contributed by atoms with E-state index in [1.165, 1.54) is 43.5 Å². The maximum Gasteiger partial charge on any atom is 0.255 e. The highest BCUT2D eigenvalue weighted by Crippen LogP contribution is 2.27. The third kappa shape index (κ3) is 5.50. The molecule has 0 fully saturated rings. The number of allylic oxidation sites excluding steroid dienone is 1. The molecule has 0 saturated heterocycles. The predicted molar refractivity (Wildman–Crippen MR) is 130 cm³/mol. The van der Waals surface area contributed by atoms with Crippen LogP contribution in [-0.4, -0.2) is 27.7 Å². The summed E-state index contributed by atoms with van der Waals surface area (Å²) in [5, 5.41) is 3.19. The summed E-state index contributed by atoms with van der Waals surface area (Å²) >= 11 is 5.83. The average molecular weight is 484 g/mol. The molecule has 1 amide bonds. The number of nitrogens with one attached hydrogen (secondary N) is 1. The molecule has 33 heavy (non-hydrogen) atoms. The Hall–Kier alpha value is -3.42. The molecule has 0 atom stereocenters. The van der Waals surface area contributed by atoms with Crippen molar-refractivity contribution in [3.8, 4) is 5.75 Å². The summed E-state index contributed by atoms with van der Waals surface area (Å²) in [6.45, 7) is 3.93. The van der Waals surface area contributed by atoms with Crippen molar-refractivity contribution in [3.05, 3.63) is 92.8 Å². The fourth-order valence-electron chi connectivity index (χ4n) is 3.09.